The Kier molecular flexibility index (Phi) is 3.60. The number of carbonyl (C=O) groups is 1. The van der Waals surface area contributed by atoms with Gasteiger partial charge in [0.15, 0.2) is 16.6 Å². The van der Waals surface area contributed by atoms with Crippen molar-refractivity contribution >= 4 is 23.2 Å². The largest absolute Gasteiger partial charge is 0.485 e. The van der Waals surface area contributed by atoms with Crippen LogP contribution in [0.1, 0.15) is 12.8 Å². The molecule has 1 fully saturated rings. The van der Waals surface area contributed by atoms with Crippen LogP contribution in [0.15, 0.2) is 24.3 Å². The van der Waals surface area contributed by atoms with E-state index in [1.54, 1.807) is 12.1 Å². The molecule has 1 amide bonds. The average molecular weight is 293 g/mol. The Morgan fingerprint density at radius 2 is 1.95 bits per heavy atom. The number of thiocarbonyl (C=S) groups is 1. The predicted octanol–water partition coefficient (Wildman–Crippen LogP) is 0.484. The lowest BCUT2D eigenvalue weighted by atomic mass is 10.2. The quantitative estimate of drug-likeness (QED) is 0.544. The third kappa shape index (κ3) is 3.11. The van der Waals surface area contributed by atoms with Gasteiger partial charge in [0.2, 0.25) is 6.10 Å². The first-order valence-electron chi connectivity index (χ1n) is 6.47. The molecule has 1 atom stereocenters. The van der Waals surface area contributed by atoms with Gasteiger partial charge < -0.3 is 14.8 Å². The predicted molar refractivity (Wildman–Crippen MR) is 76.4 cm³/mol. The minimum absolute atomic E-state index is 0.174. The first kappa shape index (κ1) is 13.0. The monoisotopic (exact) mass is 293 g/mol. The highest BCUT2D eigenvalue weighted by molar-refractivity contribution is 7.80. The Morgan fingerprint density at radius 1 is 1.20 bits per heavy atom. The van der Waals surface area contributed by atoms with Crippen molar-refractivity contribution < 1.29 is 14.3 Å². The second-order valence-electron chi connectivity index (χ2n) is 4.73. The minimum Gasteiger partial charge on any atom is -0.485 e. The Hall–Kier alpha value is -2.02. The van der Waals surface area contributed by atoms with Crippen LogP contribution in [-0.2, 0) is 4.79 Å². The Bertz CT molecular complexity index is 533. The van der Waals surface area contributed by atoms with E-state index in [4.69, 9.17) is 21.7 Å². The minimum atomic E-state index is -0.693. The first-order chi connectivity index (χ1) is 9.72. The third-order valence-electron chi connectivity index (χ3n) is 3.01. The van der Waals surface area contributed by atoms with Gasteiger partial charge in [-0.2, -0.15) is 0 Å². The maximum Gasteiger partial charge on any atom is 0.283 e. The van der Waals surface area contributed by atoms with Gasteiger partial charge in [0.25, 0.3) is 5.91 Å². The maximum atomic E-state index is 11.9. The summed E-state index contributed by atoms with van der Waals surface area (Å²) in [6.45, 7) is 0.174. The van der Waals surface area contributed by atoms with Gasteiger partial charge in [-0.15, -0.1) is 0 Å². The maximum absolute atomic E-state index is 11.9. The second-order valence-corrected chi connectivity index (χ2v) is 5.13. The molecule has 0 aromatic heterocycles. The normalized spacial score (nSPS) is 19.9. The number of hydrazine groups is 1. The highest BCUT2D eigenvalue weighted by Crippen LogP contribution is 2.30. The van der Waals surface area contributed by atoms with Crippen LogP contribution in [-0.4, -0.2) is 29.8 Å². The van der Waals surface area contributed by atoms with Crippen LogP contribution in [0.2, 0.25) is 0 Å². The van der Waals surface area contributed by atoms with E-state index in [-0.39, 0.29) is 12.5 Å². The molecule has 1 aliphatic heterocycles. The lowest BCUT2D eigenvalue weighted by molar-refractivity contribution is -0.130. The van der Waals surface area contributed by atoms with Crippen molar-refractivity contribution in [2.75, 3.05) is 6.61 Å². The number of nitrogens with one attached hydrogen (secondary N) is 3. The number of rotatable bonds is 2. The number of benzene rings is 1. The van der Waals surface area contributed by atoms with Crippen molar-refractivity contribution in [3.05, 3.63) is 24.3 Å². The van der Waals surface area contributed by atoms with Crippen LogP contribution in [0, 0.1) is 0 Å². The highest BCUT2D eigenvalue weighted by atomic mass is 32.1. The number of hydrogen-bond donors (Lipinski definition) is 3. The van der Waals surface area contributed by atoms with Gasteiger partial charge in [0, 0.05) is 6.04 Å². The van der Waals surface area contributed by atoms with Crippen molar-refractivity contribution in [2.24, 2.45) is 0 Å². The number of carbonyl (C=O) groups excluding carboxylic acids is 1. The summed E-state index contributed by atoms with van der Waals surface area (Å²) in [5, 5.41) is 3.48. The van der Waals surface area contributed by atoms with E-state index in [1.165, 1.54) is 0 Å². The van der Waals surface area contributed by atoms with Gasteiger partial charge >= 0.3 is 0 Å². The molecule has 20 heavy (non-hydrogen) atoms. The number of ether oxygens (including phenoxy) is 2. The van der Waals surface area contributed by atoms with E-state index in [2.05, 4.69) is 16.2 Å². The summed E-state index contributed by atoms with van der Waals surface area (Å²) in [6, 6.07) is 7.69. The fourth-order valence-corrected chi connectivity index (χ4v) is 2.01. The zero-order chi connectivity index (χ0) is 13.9. The fourth-order valence-electron chi connectivity index (χ4n) is 1.80. The lowest BCUT2D eigenvalue weighted by Gasteiger charge is -2.25. The lowest BCUT2D eigenvalue weighted by Crippen LogP contribution is -2.53. The molecule has 106 valence electrons. The SMILES string of the molecule is O=C(NNC(=S)NC1CC1)[C@@H]1COc2ccccc2O1. The molecule has 1 aromatic rings. The second kappa shape index (κ2) is 5.54. The summed E-state index contributed by atoms with van der Waals surface area (Å²) in [5.41, 5.74) is 5.18. The van der Waals surface area contributed by atoms with Crippen molar-refractivity contribution in [1.82, 2.24) is 16.2 Å². The summed E-state index contributed by atoms with van der Waals surface area (Å²) in [4.78, 5) is 11.9. The standard InChI is InChI=1S/C13H15N3O3S/c17-12(15-16-13(20)14-8-5-6-8)11-7-18-9-3-1-2-4-10(9)19-11/h1-4,8,11H,5-7H2,(H,15,17)(H2,14,16,20)/t11-/m0/s1. The van der Waals surface area contributed by atoms with Gasteiger partial charge in [-0.1, -0.05) is 12.1 Å². The van der Waals surface area contributed by atoms with Crippen LogP contribution in [0.5, 0.6) is 11.5 Å². The van der Waals surface area contributed by atoms with Gasteiger partial charge in [-0.3, -0.25) is 15.6 Å². The molecule has 6 nitrogen and oxygen atoms in total. The van der Waals surface area contributed by atoms with Crippen molar-refractivity contribution in [1.29, 1.82) is 0 Å². The molecule has 0 unspecified atom stereocenters. The molecule has 1 saturated carbocycles. The molecule has 0 spiro atoms. The van der Waals surface area contributed by atoms with Crippen LogP contribution in [0.3, 0.4) is 0 Å². The molecule has 1 aliphatic carbocycles. The molecular weight excluding hydrogens is 278 g/mol. The molecule has 0 radical (unpaired) electrons. The highest BCUT2D eigenvalue weighted by Gasteiger charge is 2.27. The van der Waals surface area contributed by atoms with Crippen LogP contribution >= 0.6 is 12.2 Å². The van der Waals surface area contributed by atoms with Crippen molar-refractivity contribution in [3.8, 4) is 11.5 Å². The van der Waals surface area contributed by atoms with Gasteiger partial charge in [0.1, 0.15) is 6.61 Å². The molecule has 2 aliphatic rings. The Balaban J connectivity index is 1.49. The Labute approximate surface area is 121 Å². The van der Waals surface area contributed by atoms with Gasteiger partial charge in [-0.05, 0) is 37.2 Å². The zero-order valence-corrected chi connectivity index (χ0v) is 11.5. The van der Waals surface area contributed by atoms with E-state index >= 15 is 0 Å². The summed E-state index contributed by atoms with van der Waals surface area (Å²) < 4.78 is 11.1. The van der Waals surface area contributed by atoms with E-state index < -0.39 is 6.10 Å². The van der Waals surface area contributed by atoms with Crippen LogP contribution < -0.4 is 25.6 Å². The molecule has 3 N–H and O–H groups in total. The van der Waals surface area contributed by atoms with E-state index in [0.717, 1.165) is 12.8 Å². The number of para-hydroxylation sites is 2. The number of amides is 1. The summed E-state index contributed by atoms with van der Waals surface area (Å²) >= 11 is 5.04. The topological polar surface area (TPSA) is 71.6 Å². The molecule has 1 heterocycles. The average Bonchev–Trinajstić information content (AvgIpc) is 3.28. The summed E-state index contributed by atoms with van der Waals surface area (Å²) in [5.74, 6) is 0.896. The third-order valence-corrected chi connectivity index (χ3v) is 3.23. The van der Waals surface area contributed by atoms with Gasteiger partial charge in [-0.25, -0.2) is 0 Å². The van der Waals surface area contributed by atoms with Crippen LogP contribution in [0.25, 0.3) is 0 Å². The Morgan fingerprint density at radius 3 is 2.70 bits per heavy atom. The summed E-state index contributed by atoms with van der Waals surface area (Å²) in [7, 11) is 0. The first-order valence-corrected chi connectivity index (χ1v) is 6.88. The molecular formula is C13H15N3O3S. The number of fused-ring (bicyclic) bond motifs is 1. The number of hydrogen-bond acceptors (Lipinski definition) is 4. The summed E-state index contributed by atoms with van der Waals surface area (Å²) in [6.07, 6.45) is 1.54. The smallest absolute Gasteiger partial charge is 0.283 e. The fraction of sp³-hybridized carbons (Fsp3) is 0.385. The van der Waals surface area contributed by atoms with E-state index in [9.17, 15) is 4.79 Å². The van der Waals surface area contributed by atoms with Crippen LogP contribution in [0.4, 0.5) is 0 Å². The van der Waals surface area contributed by atoms with Crippen molar-refractivity contribution in [2.45, 2.75) is 25.0 Å². The molecule has 7 heteroatoms. The molecule has 3 rings (SSSR count). The van der Waals surface area contributed by atoms with Crippen molar-refractivity contribution in [3.63, 3.8) is 0 Å². The van der Waals surface area contributed by atoms with E-state index in [1.807, 2.05) is 12.1 Å². The van der Waals surface area contributed by atoms with Gasteiger partial charge in [0.05, 0.1) is 0 Å². The molecule has 0 saturated heterocycles. The zero-order valence-electron chi connectivity index (χ0n) is 10.7. The van der Waals surface area contributed by atoms with E-state index in [0.29, 0.717) is 22.7 Å². The molecule has 0 bridgehead atoms. The molecule has 1 aromatic carbocycles.